The normalized spacial score (nSPS) is 15.9. The van der Waals surface area contributed by atoms with Crippen molar-refractivity contribution in [1.82, 2.24) is 4.90 Å². The zero-order chi connectivity index (χ0) is 15.5. The van der Waals surface area contributed by atoms with Gasteiger partial charge in [0.1, 0.15) is 11.3 Å². The summed E-state index contributed by atoms with van der Waals surface area (Å²) in [6, 6.07) is 8.39. The molecule has 0 atom stereocenters. The summed E-state index contributed by atoms with van der Waals surface area (Å²) in [6.45, 7) is 2.07. The third kappa shape index (κ3) is 2.80. The molecular weight excluding hydrogens is 274 g/mol. The second kappa shape index (κ2) is 6.39. The number of carbonyl (C=O) groups excluding carboxylic acids is 1. The fourth-order valence-electron chi connectivity index (χ4n) is 3.31. The van der Waals surface area contributed by atoms with Gasteiger partial charge >= 0.3 is 0 Å². The Bertz CT molecular complexity index is 693. The molecule has 1 saturated carbocycles. The molecule has 1 aromatic heterocycles. The molecule has 0 radical (unpaired) electrons. The quantitative estimate of drug-likeness (QED) is 0.783. The second-order valence-corrected chi connectivity index (χ2v) is 6.01. The van der Waals surface area contributed by atoms with Crippen LogP contribution in [0.4, 0.5) is 0 Å². The van der Waals surface area contributed by atoms with Crippen molar-refractivity contribution in [2.45, 2.75) is 45.1 Å². The first-order chi connectivity index (χ1) is 10.7. The summed E-state index contributed by atoms with van der Waals surface area (Å²) in [4.78, 5) is 14.3. The van der Waals surface area contributed by atoms with Gasteiger partial charge in [-0.3, -0.25) is 4.79 Å². The van der Waals surface area contributed by atoms with Gasteiger partial charge in [0.05, 0.1) is 0 Å². The molecule has 1 aliphatic carbocycles. The van der Waals surface area contributed by atoms with Crippen molar-refractivity contribution >= 4 is 23.0 Å². The largest absolute Gasteiger partial charge is 0.460 e. The van der Waals surface area contributed by atoms with Gasteiger partial charge in [-0.2, -0.15) is 0 Å². The second-order valence-electron chi connectivity index (χ2n) is 6.01. The van der Waals surface area contributed by atoms with Crippen LogP contribution in [0.15, 0.2) is 34.8 Å². The average molecular weight is 297 g/mol. The zero-order valence-corrected chi connectivity index (χ0v) is 13.3. The predicted octanol–water partition coefficient (Wildman–Crippen LogP) is 4.41. The smallest absolute Gasteiger partial charge is 0.246 e. The van der Waals surface area contributed by atoms with E-state index < -0.39 is 0 Å². The number of hydrogen-bond donors (Lipinski definition) is 0. The van der Waals surface area contributed by atoms with Gasteiger partial charge in [-0.1, -0.05) is 38.0 Å². The van der Waals surface area contributed by atoms with E-state index in [1.165, 1.54) is 12.8 Å². The van der Waals surface area contributed by atoms with Crippen LogP contribution >= 0.6 is 0 Å². The summed E-state index contributed by atoms with van der Waals surface area (Å²) in [7, 11) is 1.91. The number of amides is 1. The number of fused-ring (bicyclic) bond motifs is 1. The van der Waals surface area contributed by atoms with Crippen molar-refractivity contribution in [3.05, 3.63) is 41.7 Å². The predicted molar refractivity (Wildman–Crippen MR) is 89.7 cm³/mol. The van der Waals surface area contributed by atoms with E-state index in [-0.39, 0.29) is 5.91 Å². The average Bonchev–Trinajstić information content (AvgIpc) is 3.19. The van der Waals surface area contributed by atoms with Gasteiger partial charge in [0.15, 0.2) is 0 Å². The van der Waals surface area contributed by atoms with Crippen LogP contribution in [0.3, 0.4) is 0 Å². The van der Waals surface area contributed by atoms with Crippen LogP contribution in [-0.4, -0.2) is 23.9 Å². The van der Waals surface area contributed by atoms with Crippen molar-refractivity contribution in [1.29, 1.82) is 0 Å². The summed E-state index contributed by atoms with van der Waals surface area (Å²) < 4.78 is 5.86. The Labute approximate surface area is 131 Å². The van der Waals surface area contributed by atoms with Crippen LogP contribution in [0.1, 0.15) is 43.9 Å². The van der Waals surface area contributed by atoms with Crippen molar-refractivity contribution in [3.63, 3.8) is 0 Å². The monoisotopic (exact) mass is 297 g/mol. The number of aryl methyl sites for hydroxylation is 1. The molecule has 1 fully saturated rings. The van der Waals surface area contributed by atoms with E-state index in [9.17, 15) is 4.79 Å². The molecule has 0 saturated heterocycles. The van der Waals surface area contributed by atoms with E-state index in [4.69, 9.17) is 4.42 Å². The van der Waals surface area contributed by atoms with Crippen LogP contribution in [0.25, 0.3) is 17.0 Å². The van der Waals surface area contributed by atoms with Gasteiger partial charge in [0, 0.05) is 36.5 Å². The molecule has 116 valence electrons. The number of para-hydroxylation sites is 1. The topological polar surface area (TPSA) is 33.5 Å². The Morgan fingerprint density at radius 2 is 2.05 bits per heavy atom. The van der Waals surface area contributed by atoms with Gasteiger partial charge in [-0.25, -0.2) is 0 Å². The van der Waals surface area contributed by atoms with Gasteiger partial charge in [-0.05, 0) is 25.0 Å². The first-order valence-electron chi connectivity index (χ1n) is 8.16. The molecule has 1 aromatic carbocycles. The van der Waals surface area contributed by atoms with Crippen LogP contribution in [0, 0.1) is 0 Å². The molecule has 1 amide bonds. The number of furan rings is 1. The molecule has 1 aliphatic rings. The van der Waals surface area contributed by atoms with Crippen LogP contribution in [-0.2, 0) is 11.2 Å². The molecule has 3 heteroatoms. The van der Waals surface area contributed by atoms with E-state index in [1.54, 1.807) is 6.08 Å². The Hall–Kier alpha value is -2.03. The van der Waals surface area contributed by atoms with Crippen molar-refractivity contribution < 1.29 is 9.21 Å². The Balaban J connectivity index is 1.84. The molecule has 22 heavy (non-hydrogen) atoms. The van der Waals surface area contributed by atoms with Gasteiger partial charge < -0.3 is 9.32 Å². The van der Waals surface area contributed by atoms with Crippen LogP contribution in [0.2, 0.25) is 0 Å². The minimum absolute atomic E-state index is 0.0826. The molecule has 0 spiro atoms. The third-order valence-corrected chi connectivity index (χ3v) is 4.64. The lowest BCUT2D eigenvalue weighted by Gasteiger charge is -2.22. The number of carbonyl (C=O) groups is 1. The lowest BCUT2D eigenvalue weighted by Crippen LogP contribution is -2.33. The van der Waals surface area contributed by atoms with Gasteiger partial charge in [0.25, 0.3) is 0 Å². The number of rotatable bonds is 4. The fraction of sp³-hybridized carbons (Fsp3) is 0.421. The minimum atomic E-state index is 0.0826. The van der Waals surface area contributed by atoms with E-state index in [0.717, 1.165) is 41.6 Å². The molecule has 0 unspecified atom stereocenters. The molecule has 0 N–H and O–H groups in total. The summed E-state index contributed by atoms with van der Waals surface area (Å²) >= 11 is 0. The molecule has 0 bridgehead atoms. The molecule has 3 rings (SSSR count). The maximum absolute atomic E-state index is 12.4. The first kappa shape index (κ1) is 14.9. The first-order valence-corrected chi connectivity index (χ1v) is 8.16. The van der Waals surface area contributed by atoms with Crippen molar-refractivity contribution in [2.75, 3.05) is 7.05 Å². The standard InChI is InChI=1S/C19H23NO2/c1-3-17-16(15-10-6-7-11-18(15)22-17)12-13-19(21)20(2)14-8-4-5-9-14/h6-7,10-14H,3-5,8-9H2,1-2H3/b13-12+. The van der Waals surface area contributed by atoms with E-state index in [0.29, 0.717) is 6.04 Å². The van der Waals surface area contributed by atoms with E-state index >= 15 is 0 Å². The fourth-order valence-corrected chi connectivity index (χ4v) is 3.31. The summed E-state index contributed by atoms with van der Waals surface area (Å²) in [5, 5.41) is 1.08. The van der Waals surface area contributed by atoms with Crippen molar-refractivity contribution in [3.8, 4) is 0 Å². The maximum Gasteiger partial charge on any atom is 0.246 e. The number of likely N-dealkylation sites (N-methyl/N-ethyl adjacent to an activating group) is 1. The molecular formula is C19H23NO2. The summed E-state index contributed by atoms with van der Waals surface area (Å²) in [6.07, 6.45) is 9.15. The summed E-state index contributed by atoms with van der Waals surface area (Å²) in [5.74, 6) is 1.02. The maximum atomic E-state index is 12.4. The summed E-state index contributed by atoms with van der Waals surface area (Å²) in [5.41, 5.74) is 1.92. The minimum Gasteiger partial charge on any atom is -0.460 e. The zero-order valence-electron chi connectivity index (χ0n) is 13.3. The van der Waals surface area contributed by atoms with E-state index in [2.05, 4.69) is 6.92 Å². The number of benzene rings is 1. The van der Waals surface area contributed by atoms with Gasteiger partial charge in [0.2, 0.25) is 5.91 Å². The molecule has 0 aliphatic heterocycles. The number of nitrogens with zero attached hydrogens (tertiary/aromatic N) is 1. The number of hydrogen-bond acceptors (Lipinski definition) is 2. The molecule has 1 heterocycles. The van der Waals surface area contributed by atoms with Crippen molar-refractivity contribution in [2.24, 2.45) is 0 Å². The SMILES string of the molecule is CCc1oc2ccccc2c1/C=C/C(=O)N(C)C1CCCC1. The van der Waals surface area contributed by atoms with Crippen LogP contribution in [0.5, 0.6) is 0 Å². The highest BCUT2D eigenvalue weighted by atomic mass is 16.3. The third-order valence-electron chi connectivity index (χ3n) is 4.64. The molecule has 2 aromatic rings. The lowest BCUT2D eigenvalue weighted by molar-refractivity contribution is -0.126. The van der Waals surface area contributed by atoms with Gasteiger partial charge in [-0.15, -0.1) is 0 Å². The highest BCUT2D eigenvalue weighted by Crippen LogP contribution is 2.28. The van der Waals surface area contributed by atoms with Crippen LogP contribution < -0.4 is 0 Å². The highest BCUT2D eigenvalue weighted by molar-refractivity contribution is 5.96. The Morgan fingerprint density at radius 1 is 1.32 bits per heavy atom. The Kier molecular flexibility index (Phi) is 4.32. The lowest BCUT2D eigenvalue weighted by atomic mass is 10.1. The van der Waals surface area contributed by atoms with E-state index in [1.807, 2.05) is 42.3 Å². The molecule has 3 nitrogen and oxygen atoms in total. The highest BCUT2D eigenvalue weighted by Gasteiger charge is 2.22. The Morgan fingerprint density at radius 3 is 2.77 bits per heavy atom.